The van der Waals surface area contributed by atoms with Gasteiger partial charge in [0.15, 0.2) is 5.82 Å². The molecule has 0 aliphatic heterocycles. The number of benzene rings is 2. The van der Waals surface area contributed by atoms with Crippen molar-refractivity contribution in [3.05, 3.63) is 65.6 Å². The molecular weight excluding hydrogens is 405 g/mol. The molecule has 160 valence electrons. The van der Waals surface area contributed by atoms with Gasteiger partial charge in [0.2, 0.25) is 0 Å². The van der Waals surface area contributed by atoms with Crippen molar-refractivity contribution in [2.75, 3.05) is 11.9 Å². The summed E-state index contributed by atoms with van der Waals surface area (Å²) in [6.45, 7) is -0.329. The standard InChI is InChI=1S/C21H20FN5O4/c22-14-2-4-16(5-3-14)31-18-6-1-12(7-13(18)10-28)21-26-17(20(24)30)8-19(27-21)25-15(9-23)11-29/h1-8,11,15,28H,9-10,23H2,(H2,24,30)(H,25,26,27). The van der Waals surface area contributed by atoms with E-state index < -0.39 is 17.8 Å². The van der Waals surface area contributed by atoms with Crippen LogP contribution in [0.1, 0.15) is 16.1 Å². The fraction of sp³-hybridized carbons (Fsp3) is 0.143. The normalized spacial score (nSPS) is 11.6. The van der Waals surface area contributed by atoms with E-state index in [0.29, 0.717) is 28.9 Å². The summed E-state index contributed by atoms with van der Waals surface area (Å²) in [6, 6.07) is 10.9. The van der Waals surface area contributed by atoms with Gasteiger partial charge in [-0.3, -0.25) is 4.79 Å². The summed E-state index contributed by atoms with van der Waals surface area (Å²) in [5.74, 6) is -0.0920. The highest BCUT2D eigenvalue weighted by molar-refractivity contribution is 5.92. The quantitative estimate of drug-likeness (QED) is 0.377. The van der Waals surface area contributed by atoms with Gasteiger partial charge in [-0.15, -0.1) is 0 Å². The van der Waals surface area contributed by atoms with Crippen LogP contribution in [-0.2, 0) is 11.4 Å². The van der Waals surface area contributed by atoms with Gasteiger partial charge >= 0.3 is 0 Å². The van der Waals surface area contributed by atoms with Crippen LogP contribution in [0.5, 0.6) is 11.5 Å². The molecule has 1 heterocycles. The van der Waals surface area contributed by atoms with Gasteiger partial charge in [-0.05, 0) is 42.5 Å². The van der Waals surface area contributed by atoms with Crippen LogP contribution in [0.15, 0.2) is 48.5 Å². The third-order valence-electron chi connectivity index (χ3n) is 4.26. The van der Waals surface area contributed by atoms with E-state index >= 15 is 0 Å². The molecule has 0 bridgehead atoms. The molecule has 1 atom stereocenters. The number of anilines is 1. The molecule has 0 aliphatic carbocycles. The minimum atomic E-state index is -0.777. The van der Waals surface area contributed by atoms with Gasteiger partial charge in [-0.25, -0.2) is 14.4 Å². The third kappa shape index (κ3) is 5.38. The summed E-state index contributed by atoms with van der Waals surface area (Å²) in [5.41, 5.74) is 11.7. The van der Waals surface area contributed by atoms with Crippen molar-refractivity contribution in [3.8, 4) is 22.9 Å². The number of nitrogens with two attached hydrogens (primary N) is 2. The van der Waals surface area contributed by atoms with E-state index in [-0.39, 0.29) is 30.5 Å². The van der Waals surface area contributed by atoms with E-state index in [1.165, 1.54) is 30.3 Å². The molecule has 0 fully saturated rings. The molecule has 1 unspecified atom stereocenters. The fourth-order valence-corrected chi connectivity index (χ4v) is 2.69. The summed E-state index contributed by atoms with van der Waals surface area (Å²) in [7, 11) is 0. The lowest BCUT2D eigenvalue weighted by molar-refractivity contribution is -0.108. The largest absolute Gasteiger partial charge is 0.457 e. The summed E-state index contributed by atoms with van der Waals surface area (Å²) in [5, 5.41) is 12.6. The molecular formula is C21H20FN5O4. The van der Waals surface area contributed by atoms with Crippen LogP contribution in [0.4, 0.5) is 10.2 Å². The number of primary amides is 1. The molecule has 0 radical (unpaired) electrons. The first-order chi connectivity index (χ1) is 14.9. The lowest BCUT2D eigenvalue weighted by atomic mass is 10.1. The number of aliphatic hydroxyl groups excluding tert-OH is 1. The summed E-state index contributed by atoms with van der Waals surface area (Å²) >= 11 is 0. The van der Waals surface area contributed by atoms with E-state index in [9.17, 15) is 19.1 Å². The van der Waals surface area contributed by atoms with Crippen LogP contribution in [0.25, 0.3) is 11.4 Å². The maximum absolute atomic E-state index is 13.1. The molecule has 1 amide bonds. The highest BCUT2D eigenvalue weighted by Crippen LogP contribution is 2.30. The van der Waals surface area contributed by atoms with E-state index in [4.69, 9.17) is 16.2 Å². The second-order valence-corrected chi connectivity index (χ2v) is 6.49. The first-order valence-electron chi connectivity index (χ1n) is 9.22. The number of carbonyl (C=O) groups is 2. The molecule has 31 heavy (non-hydrogen) atoms. The molecule has 2 aromatic carbocycles. The predicted octanol–water partition coefficient (Wildman–Crippen LogP) is 1.60. The van der Waals surface area contributed by atoms with Crippen molar-refractivity contribution in [2.45, 2.75) is 12.6 Å². The minimum absolute atomic E-state index is 0.0266. The van der Waals surface area contributed by atoms with Crippen molar-refractivity contribution < 1.29 is 23.8 Å². The Hall–Kier alpha value is -3.89. The second-order valence-electron chi connectivity index (χ2n) is 6.49. The SMILES string of the molecule is NCC(C=O)Nc1cc(C(N)=O)nc(-c2ccc(Oc3ccc(F)cc3)c(CO)c2)n1. The molecule has 9 nitrogen and oxygen atoms in total. The van der Waals surface area contributed by atoms with Crippen molar-refractivity contribution in [3.63, 3.8) is 0 Å². The summed E-state index contributed by atoms with van der Waals surface area (Å²) < 4.78 is 18.8. The number of nitrogens with zero attached hydrogens (tertiary/aromatic N) is 2. The Balaban J connectivity index is 1.97. The molecule has 6 N–H and O–H groups in total. The average molecular weight is 425 g/mol. The monoisotopic (exact) mass is 425 g/mol. The average Bonchev–Trinajstić information content (AvgIpc) is 2.79. The number of nitrogens with one attached hydrogen (secondary N) is 1. The van der Waals surface area contributed by atoms with Crippen molar-refractivity contribution >= 4 is 18.0 Å². The number of amides is 1. The Morgan fingerprint density at radius 3 is 2.55 bits per heavy atom. The number of ether oxygens (including phenoxy) is 1. The van der Waals surface area contributed by atoms with Crippen molar-refractivity contribution in [1.82, 2.24) is 9.97 Å². The third-order valence-corrected chi connectivity index (χ3v) is 4.26. The number of halogens is 1. The van der Waals surface area contributed by atoms with Crippen LogP contribution < -0.4 is 21.5 Å². The van der Waals surface area contributed by atoms with Crippen LogP contribution >= 0.6 is 0 Å². The van der Waals surface area contributed by atoms with Gasteiger partial charge in [0.25, 0.3) is 5.91 Å². The Kier molecular flexibility index (Phi) is 6.85. The minimum Gasteiger partial charge on any atom is -0.457 e. The zero-order chi connectivity index (χ0) is 22.4. The van der Waals surface area contributed by atoms with Crippen LogP contribution in [0.3, 0.4) is 0 Å². The highest BCUT2D eigenvalue weighted by Gasteiger charge is 2.15. The number of hydrogen-bond donors (Lipinski definition) is 4. The van der Waals surface area contributed by atoms with E-state index in [0.717, 1.165) is 0 Å². The van der Waals surface area contributed by atoms with E-state index in [2.05, 4.69) is 15.3 Å². The van der Waals surface area contributed by atoms with E-state index in [1.54, 1.807) is 18.2 Å². The first-order valence-corrected chi connectivity index (χ1v) is 9.22. The Labute approximate surface area is 176 Å². The molecule has 0 spiro atoms. The van der Waals surface area contributed by atoms with Crippen LogP contribution in [-0.4, -0.2) is 39.9 Å². The zero-order valence-electron chi connectivity index (χ0n) is 16.3. The molecule has 0 aliphatic rings. The zero-order valence-corrected chi connectivity index (χ0v) is 16.3. The van der Waals surface area contributed by atoms with Gasteiger partial charge in [0.05, 0.1) is 12.6 Å². The smallest absolute Gasteiger partial charge is 0.267 e. The first kappa shape index (κ1) is 21.8. The van der Waals surface area contributed by atoms with Crippen LogP contribution in [0, 0.1) is 5.82 Å². The second kappa shape index (κ2) is 9.74. The Morgan fingerprint density at radius 2 is 1.94 bits per heavy atom. The van der Waals surface area contributed by atoms with Gasteiger partial charge in [-0.2, -0.15) is 0 Å². The fourth-order valence-electron chi connectivity index (χ4n) is 2.69. The highest BCUT2D eigenvalue weighted by atomic mass is 19.1. The number of rotatable bonds is 9. The molecule has 0 saturated heterocycles. The number of aromatic nitrogens is 2. The number of aldehydes is 1. The van der Waals surface area contributed by atoms with E-state index in [1.807, 2.05) is 0 Å². The maximum Gasteiger partial charge on any atom is 0.267 e. The van der Waals surface area contributed by atoms with Gasteiger partial charge < -0.3 is 31.4 Å². The molecule has 1 aromatic heterocycles. The summed E-state index contributed by atoms with van der Waals surface area (Å²) in [6.07, 6.45) is 0.622. The molecule has 0 saturated carbocycles. The van der Waals surface area contributed by atoms with Crippen molar-refractivity contribution in [2.24, 2.45) is 11.5 Å². The number of aliphatic hydroxyl groups is 1. The maximum atomic E-state index is 13.1. The van der Waals surface area contributed by atoms with Gasteiger partial charge in [0.1, 0.15) is 35.1 Å². The lowest BCUT2D eigenvalue weighted by Crippen LogP contribution is -2.30. The van der Waals surface area contributed by atoms with Crippen LogP contribution in [0.2, 0.25) is 0 Å². The predicted molar refractivity (Wildman–Crippen MR) is 111 cm³/mol. The molecule has 10 heteroatoms. The lowest BCUT2D eigenvalue weighted by Gasteiger charge is -2.14. The van der Waals surface area contributed by atoms with Gasteiger partial charge in [0, 0.05) is 23.7 Å². The molecule has 3 aromatic rings. The molecule has 3 rings (SSSR count). The number of carbonyl (C=O) groups excluding carboxylic acids is 2. The topological polar surface area (TPSA) is 153 Å². The summed E-state index contributed by atoms with van der Waals surface area (Å²) in [4.78, 5) is 31.2. The van der Waals surface area contributed by atoms with Gasteiger partial charge in [-0.1, -0.05) is 0 Å². The number of hydrogen-bond acceptors (Lipinski definition) is 8. The Bertz CT molecular complexity index is 1090. The van der Waals surface area contributed by atoms with Crippen molar-refractivity contribution in [1.29, 1.82) is 0 Å². The Morgan fingerprint density at radius 1 is 1.19 bits per heavy atom.